The molecular formula is C29H33FN4O6S. The zero-order chi connectivity index (χ0) is 30.0. The molecule has 0 saturated heterocycles. The van der Waals surface area contributed by atoms with Crippen LogP contribution in [0.5, 0.6) is 0 Å². The van der Waals surface area contributed by atoms with Gasteiger partial charge in [0.05, 0.1) is 16.9 Å². The maximum absolute atomic E-state index is 14.0. The van der Waals surface area contributed by atoms with Crippen LogP contribution in [0.4, 0.5) is 15.8 Å². The molecule has 12 heteroatoms. The zero-order valence-electron chi connectivity index (χ0n) is 22.9. The maximum Gasteiger partial charge on any atom is 0.271 e. The Bertz CT molecular complexity index is 1450. The van der Waals surface area contributed by atoms with Gasteiger partial charge in [-0.05, 0) is 35.7 Å². The number of nitro benzene ring substituents is 1. The van der Waals surface area contributed by atoms with E-state index < -0.39 is 45.2 Å². The third kappa shape index (κ3) is 9.10. The Labute approximate surface area is 239 Å². The number of hydrogen-bond donors (Lipinski definition) is 1. The van der Waals surface area contributed by atoms with Crippen molar-refractivity contribution < 1.29 is 27.3 Å². The largest absolute Gasteiger partial charge is 0.354 e. The third-order valence-electron chi connectivity index (χ3n) is 6.37. The van der Waals surface area contributed by atoms with Gasteiger partial charge in [-0.1, -0.05) is 61.9 Å². The summed E-state index contributed by atoms with van der Waals surface area (Å²) in [7, 11) is -4.08. The van der Waals surface area contributed by atoms with Gasteiger partial charge in [-0.3, -0.25) is 24.0 Å². The van der Waals surface area contributed by atoms with E-state index in [1.165, 1.54) is 47.4 Å². The molecule has 0 fully saturated rings. The Hall–Kier alpha value is -4.32. The molecule has 0 radical (unpaired) electrons. The maximum atomic E-state index is 14.0. The van der Waals surface area contributed by atoms with Gasteiger partial charge in [-0.2, -0.15) is 0 Å². The van der Waals surface area contributed by atoms with Crippen LogP contribution in [0.1, 0.15) is 30.9 Å². The van der Waals surface area contributed by atoms with E-state index in [-0.39, 0.29) is 24.3 Å². The number of nitrogens with zero attached hydrogens (tertiary/aromatic N) is 3. The van der Waals surface area contributed by atoms with Crippen LogP contribution in [0.25, 0.3) is 0 Å². The third-order valence-corrected chi connectivity index (χ3v) is 7.52. The predicted molar refractivity (Wildman–Crippen MR) is 154 cm³/mol. The lowest BCUT2D eigenvalue weighted by Gasteiger charge is -2.33. The SMILES string of the molecule is CCCCNC(=O)C(Cc1ccccc1)N(Cc1ccc(F)cc1)C(=O)CN(c1cccc([N+](=O)[O-])c1)S(C)(=O)=O. The van der Waals surface area contributed by atoms with E-state index in [1.807, 2.05) is 25.1 Å². The first kappa shape index (κ1) is 31.2. The number of benzene rings is 3. The summed E-state index contributed by atoms with van der Waals surface area (Å²) in [6, 6.07) is 18.4. The minimum absolute atomic E-state index is 0.0659. The molecule has 0 spiro atoms. The molecule has 0 aliphatic heterocycles. The number of amides is 2. The van der Waals surface area contributed by atoms with Crippen LogP contribution >= 0.6 is 0 Å². The minimum Gasteiger partial charge on any atom is -0.354 e. The number of nitro groups is 1. The Balaban J connectivity index is 2.04. The van der Waals surface area contributed by atoms with Crippen LogP contribution in [-0.2, 0) is 32.6 Å². The summed E-state index contributed by atoms with van der Waals surface area (Å²) in [5.74, 6) is -1.60. The molecule has 218 valence electrons. The van der Waals surface area contributed by atoms with Crippen molar-refractivity contribution in [1.82, 2.24) is 10.2 Å². The molecule has 0 aromatic heterocycles. The van der Waals surface area contributed by atoms with E-state index >= 15 is 0 Å². The number of halogens is 1. The van der Waals surface area contributed by atoms with Crippen molar-refractivity contribution in [2.75, 3.05) is 23.7 Å². The Kier molecular flexibility index (Phi) is 10.9. The van der Waals surface area contributed by atoms with Gasteiger partial charge in [-0.25, -0.2) is 12.8 Å². The van der Waals surface area contributed by atoms with E-state index in [0.29, 0.717) is 12.1 Å². The van der Waals surface area contributed by atoms with E-state index in [1.54, 1.807) is 12.1 Å². The molecule has 1 unspecified atom stereocenters. The normalized spacial score (nSPS) is 11.9. The van der Waals surface area contributed by atoms with Crippen LogP contribution in [0.3, 0.4) is 0 Å². The van der Waals surface area contributed by atoms with Crippen molar-refractivity contribution in [3.8, 4) is 0 Å². The topological polar surface area (TPSA) is 130 Å². The van der Waals surface area contributed by atoms with Gasteiger partial charge in [0, 0.05) is 31.6 Å². The summed E-state index contributed by atoms with van der Waals surface area (Å²) < 4.78 is 40.0. The van der Waals surface area contributed by atoms with Gasteiger partial charge in [0.2, 0.25) is 21.8 Å². The first-order valence-electron chi connectivity index (χ1n) is 13.1. The van der Waals surface area contributed by atoms with Gasteiger partial charge < -0.3 is 10.2 Å². The highest BCUT2D eigenvalue weighted by Gasteiger charge is 2.33. The van der Waals surface area contributed by atoms with Crippen molar-refractivity contribution in [3.05, 3.63) is 106 Å². The summed E-state index contributed by atoms with van der Waals surface area (Å²) in [4.78, 5) is 39.4. The molecule has 3 aromatic carbocycles. The van der Waals surface area contributed by atoms with Gasteiger partial charge in [-0.15, -0.1) is 0 Å². The molecule has 10 nitrogen and oxygen atoms in total. The van der Waals surface area contributed by atoms with Crippen molar-refractivity contribution in [3.63, 3.8) is 0 Å². The number of carbonyl (C=O) groups excluding carboxylic acids is 2. The summed E-state index contributed by atoms with van der Waals surface area (Å²) in [6.45, 7) is 1.55. The van der Waals surface area contributed by atoms with Gasteiger partial charge in [0.1, 0.15) is 18.4 Å². The second-order valence-corrected chi connectivity index (χ2v) is 11.5. The average Bonchev–Trinajstić information content (AvgIpc) is 2.94. The van der Waals surface area contributed by atoms with Gasteiger partial charge in [0.25, 0.3) is 5.69 Å². The molecule has 41 heavy (non-hydrogen) atoms. The van der Waals surface area contributed by atoms with Crippen LogP contribution in [0, 0.1) is 15.9 Å². The molecule has 1 atom stereocenters. The second-order valence-electron chi connectivity index (χ2n) is 9.54. The van der Waals surface area contributed by atoms with Crippen LogP contribution in [0.2, 0.25) is 0 Å². The van der Waals surface area contributed by atoms with Crippen LogP contribution in [0.15, 0.2) is 78.9 Å². The lowest BCUT2D eigenvalue weighted by molar-refractivity contribution is -0.384. The molecule has 2 amide bonds. The molecule has 0 heterocycles. The molecular weight excluding hydrogens is 551 g/mol. The van der Waals surface area contributed by atoms with Crippen molar-refractivity contribution in [2.24, 2.45) is 0 Å². The Morgan fingerprint density at radius 3 is 2.29 bits per heavy atom. The highest BCUT2D eigenvalue weighted by atomic mass is 32.2. The van der Waals surface area contributed by atoms with E-state index in [2.05, 4.69) is 5.32 Å². The second kappa shape index (κ2) is 14.4. The van der Waals surface area contributed by atoms with Crippen molar-refractivity contribution in [1.29, 1.82) is 0 Å². The fraction of sp³-hybridized carbons (Fsp3) is 0.310. The van der Waals surface area contributed by atoms with Gasteiger partial charge >= 0.3 is 0 Å². The monoisotopic (exact) mass is 584 g/mol. The van der Waals surface area contributed by atoms with Crippen LogP contribution < -0.4 is 9.62 Å². The highest BCUT2D eigenvalue weighted by molar-refractivity contribution is 7.92. The average molecular weight is 585 g/mol. The number of carbonyl (C=O) groups is 2. The molecule has 3 aromatic rings. The molecule has 0 aliphatic rings. The minimum atomic E-state index is -4.08. The van der Waals surface area contributed by atoms with E-state index in [4.69, 9.17) is 0 Å². The van der Waals surface area contributed by atoms with Crippen molar-refractivity contribution in [2.45, 2.75) is 38.8 Å². The molecule has 0 aliphatic carbocycles. The smallest absolute Gasteiger partial charge is 0.271 e. The highest BCUT2D eigenvalue weighted by Crippen LogP contribution is 2.24. The quantitative estimate of drug-likeness (QED) is 0.173. The molecule has 0 saturated carbocycles. The number of non-ortho nitro benzene ring substituents is 1. The lowest BCUT2D eigenvalue weighted by Crippen LogP contribution is -2.53. The van der Waals surface area contributed by atoms with E-state index in [9.17, 15) is 32.5 Å². The number of sulfonamides is 1. The zero-order valence-corrected chi connectivity index (χ0v) is 23.7. The number of rotatable bonds is 14. The standard InChI is InChI=1S/C29H33FN4O6S/c1-3-4-17-31-29(36)27(18-22-9-6-5-7-10-22)32(20-23-13-15-24(30)16-14-23)28(35)21-33(41(2,39)40)25-11-8-12-26(19-25)34(37)38/h5-16,19,27H,3-4,17-18,20-21H2,1-2H3,(H,31,36). The lowest BCUT2D eigenvalue weighted by atomic mass is 10.0. The summed E-state index contributed by atoms with van der Waals surface area (Å²) >= 11 is 0. The molecule has 3 rings (SSSR count). The number of unbranched alkanes of at least 4 members (excludes halogenated alkanes) is 1. The van der Waals surface area contributed by atoms with Gasteiger partial charge in [0.15, 0.2) is 0 Å². The number of hydrogen-bond acceptors (Lipinski definition) is 6. The first-order chi connectivity index (χ1) is 19.5. The first-order valence-corrected chi connectivity index (χ1v) is 14.9. The molecule has 1 N–H and O–H groups in total. The number of nitrogens with one attached hydrogen (secondary N) is 1. The fourth-order valence-electron chi connectivity index (χ4n) is 4.22. The summed E-state index contributed by atoms with van der Waals surface area (Å²) in [5, 5.41) is 14.2. The number of anilines is 1. The van der Waals surface area contributed by atoms with Crippen LogP contribution in [-0.4, -0.2) is 55.4 Å². The summed E-state index contributed by atoms with van der Waals surface area (Å²) in [5.41, 5.74) is 0.895. The Morgan fingerprint density at radius 1 is 1.00 bits per heavy atom. The van der Waals surface area contributed by atoms with E-state index in [0.717, 1.165) is 35.0 Å². The Morgan fingerprint density at radius 2 is 1.68 bits per heavy atom. The fourth-order valence-corrected chi connectivity index (χ4v) is 5.06. The van der Waals surface area contributed by atoms with Crippen molar-refractivity contribution >= 4 is 33.2 Å². The predicted octanol–water partition coefficient (Wildman–Crippen LogP) is 4.06. The summed E-state index contributed by atoms with van der Waals surface area (Å²) in [6.07, 6.45) is 2.60. The molecule has 0 bridgehead atoms.